The molecule has 0 atom stereocenters. The Hall–Kier alpha value is -3.86. The molecule has 0 bridgehead atoms. The summed E-state index contributed by atoms with van der Waals surface area (Å²) in [6.45, 7) is 0.665. The lowest BCUT2D eigenvalue weighted by Crippen LogP contribution is -2.01. The van der Waals surface area contributed by atoms with Gasteiger partial charge in [-0.2, -0.15) is 0 Å². The van der Waals surface area contributed by atoms with E-state index in [1.807, 2.05) is 42.5 Å². The molecule has 0 fully saturated rings. The topological polar surface area (TPSA) is 78.0 Å². The van der Waals surface area contributed by atoms with E-state index >= 15 is 0 Å². The maximum atomic E-state index is 11.8. The Labute approximate surface area is 162 Å². The Morgan fingerprint density at radius 3 is 2.46 bits per heavy atom. The number of aromatic nitrogens is 2. The number of aliphatic carboxylic acids is 1. The molecule has 2 aromatic heterocycles. The van der Waals surface area contributed by atoms with E-state index in [9.17, 15) is 9.90 Å². The van der Waals surface area contributed by atoms with E-state index in [-0.39, 0.29) is 5.57 Å². The summed E-state index contributed by atoms with van der Waals surface area (Å²) in [7, 11) is 0. The van der Waals surface area contributed by atoms with E-state index in [1.165, 1.54) is 0 Å². The smallest absolute Gasteiger partial charge is 0.336 e. The Bertz CT molecular complexity index is 1130. The summed E-state index contributed by atoms with van der Waals surface area (Å²) in [6, 6.07) is 21.1. The lowest BCUT2D eigenvalue weighted by atomic mass is 10.0. The third-order valence-corrected chi connectivity index (χ3v) is 4.54. The predicted octanol–water partition coefficient (Wildman–Crippen LogP) is 4.80. The third kappa shape index (κ3) is 3.64. The van der Waals surface area contributed by atoms with Crippen LogP contribution < -0.4 is 5.32 Å². The highest BCUT2D eigenvalue weighted by atomic mass is 16.4. The summed E-state index contributed by atoms with van der Waals surface area (Å²) >= 11 is 0. The summed E-state index contributed by atoms with van der Waals surface area (Å²) < 4.78 is 0. The molecule has 3 N–H and O–H groups in total. The van der Waals surface area contributed by atoms with Crippen molar-refractivity contribution >= 4 is 34.3 Å². The molecule has 2 aromatic carbocycles. The molecule has 0 aliphatic heterocycles. The van der Waals surface area contributed by atoms with Crippen LogP contribution in [-0.2, 0) is 11.3 Å². The lowest BCUT2D eigenvalue weighted by Gasteiger charge is -2.09. The minimum atomic E-state index is -0.969. The average Bonchev–Trinajstić information content (AvgIpc) is 3.15. The third-order valence-electron chi connectivity index (χ3n) is 4.54. The predicted molar refractivity (Wildman–Crippen MR) is 112 cm³/mol. The van der Waals surface area contributed by atoms with Crippen molar-refractivity contribution in [2.24, 2.45) is 0 Å². The molecular formula is C23H19N3O2. The van der Waals surface area contributed by atoms with Crippen LogP contribution in [0.5, 0.6) is 0 Å². The van der Waals surface area contributed by atoms with Gasteiger partial charge in [-0.1, -0.05) is 60.7 Å². The molecule has 5 heteroatoms. The zero-order chi connectivity index (χ0) is 19.3. The number of hydrogen-bond donors (Lipinski definition) is 3. The van der Waals surface area contributed by atoms with Crippen molar-refractivity contribution in [2.45, 2.75) is 6.54 Å². The Morgan fingerprint density at radius 1 is 1.04 bits per heavy atom. The molecule has 0 spiro atoms. The van der Waals surface area contributed by atoms with Gasteiger partial charge in [0.1, 0.15) is 5.65 Å². The molecule has 0 amide bonds. The highest BCUT2D eigenvalue weighted by Crippen LogP contribution is 2.29. The average molecular weight is 369 g/mol. The van der Waals surface area contributed by atoms with E-state index in [4.69, 9.17) is 0 Å². The molecule has 0 unspecified atom stereocenters. The van der Waals surface area contributed by atoms with Crippen molar-refractivity contribution in [1.82, 2.24) is 9.97 Å². The molecular weight excluding hydrogens is 350 g/mol. The van der Waals surface area contributed by atoms with Crippen LogP contribution >= 0.6 is 0 Å². The fraction of sp³-hybridized carbons (Fsp3) is 0.0435. The first-order valence-electron chi connectivity index (χ1n) is 8.96. The van der Waals surface area contributed by atoms with Crippen LogP contribution in [0.25, 0.3) is 22.7 Å². The number of carbonyl (C=O) groups is 1. The Kier molecular flexibility index (Phi) is 4.89. The van der Waals surface area contributed by atoms with Gasteiger partial charge < -0.3 is 15.4 Å². The van der Waals surface area contributed by atoms with Gasteiger partial charge in [0.15, 0.2) is 0 Å². The normalized spacial score (nSPS) is 11.5. The molecule has 0 saturated carbocycles. The quantitative estimate of drug-likeness (QED) is 0.427. The Balaban J connectivity index is 1.74. The van der Waals surface area contributed by atoms with Crippen LogP contribution in [0.3, 0.4) is 0 Å². The molecule has 138 valence electrons. The second kappa shape index (κ2) is 7.80. The SMILES string of the molecule is O=C(O)C(=Cc1c[nH]c2nccc(NCc3ccccc3)c12)c1ccccc1. The standard InChI is InChI=1S/C23H19N3O2/c27-23(28)19(17-9-5-2-6-10-17)13-18-15-26-22-21(18)20(11-12-24-22)25-14-16-7-3-1-4-8-16/h1-13,15H,14H2,(H,27,28)(H2,24,25,26). The maximum Gasteiger partial charge on any atom is 0.336 e. The van der Waals surface area contributed by atoms with Gasteiger partial charge >= 0.3 is 5.97 Å². The second-order valence-electron chi connectivity index (χ2n) is 6.39. The number of rotatable bonds is 6. The van der Waals surface area contributed by atoms with Gasteiger partial charge in [0.05, 0.1) is 5.57 Å². The molecule has 0 saturated heterocycles. The number of nitrogens with one attached hydrogen (secondary N) is 2. The van der Waals surface area contributed by atoms with Crippen molar-refractivity contribution in [3.8, 4) is 0 Å². The van der Waals surface area contributed by atoms with Gasteiger partial charge in [-0.15, -0.1) is 0 Å². The lowest BCUT2D eigenvalue weighted by molar-refractivity contribution is -0.130. The van der Waals surface area contributed by atoms with Gasteiger partial charge in [-0.05, 0) is 23.3 Å². The first kappa shape index (κ1) is 17.5. The minimum Gasteiger partial charge on any atom is -0.478 e. The number of H-pyrrole nitrogens is 1. The van der Waals surface area contributed by atoms with Gasteiger partial charge in [0, 0.05) is 35.6 Å². The van der Waals surface area contributed by atoms with Crippen LogP contribution in [0.4, 0.5) is 5.69 Å². The van der Waals surface area contributed by atoms with Crippen molar-refractivity contribution < 1.29 is 9.90 Å². The van der Waals surface area contributed by atoms with Crippen molar-refractivity contribution in [1.29, 1.82) is 0 Å². The van der Waals surface area contributed by atoms with Crippen LogP contribution in [0.1, 0.15) is 16.7 Å². The molecule has 5 nitrogen and oxygen atoms in total. The summed E-state index contributed by atoms with van der Waals surface area (Å²) in [5.41, 5.74) is 4.45. The number of hydrogen-bond acceptors (Lipinski definition) is 3. The van der Waals surface area contributed by atoms with Gasteiger partial charge in [0.25, 0.3) is 0 Å². The van der Waals surface area contributed by atoms with Crippen LogP contribution in [0.2, 0.25) is 0 Å². The minimum absolute atomic E-state index is 0.236. The zero-order valence-electron chi connectivity index (χ0n) is 15.1. The molecule has 2 heterocycles. The molecule has 4 rings (SSSR count). The first-order valence-corrected chi connectivity index (χ1v) is 8.96. The molecule has 0 aliphatic rings. The van der Waals surface area contributed by atoms with E-state index in [0.717, 1.165) is 22.2 Å². The van der Waals surface area contributed by atoms with E-state index in [1.54, 1.807) is 30.6 Å². The fourth-order valence-corrected chi connectivity index (χ4v) is 3.18. The van der Waals surface area contributed by atoms with Gasteiger partial charge in [-0.3, -0.25) is 0 Å². The summed E-state index contributed by atoms with van der Waals surface area (Å²) in [5.74, 6) is -0.969. The Morgan fingerprint density at radius 2 is 1.75 bits per heavy atom. The fourth-order valence-electron chi connectivity index (χ4n) is 3.18. The van der Waals surface area contributed by atoms with Crippen molar-refractivity contribution in [2.75, 3.05) is 5.32 Å². The summed E-state index contributed by atoms with van der Waals surface area (Å²) in [4.78, 5) is 19.4. The highest BCUT2D eigenvalue weighted by molar-refractivity contribution is 6.21. The molecule has 0 aliphatic carbocycles. The highest BCUT2D eigenvalue weighted by Gasteiger charge is 2.14. The molecule has 4 aromatic rings. The number of benzene rings is 2. The van der Waals surface area contributed by atoms with Gasteiger partial charge in [0.2, 0.25) is 0 Å². The van der Waals surface area contributed by atoms with Crippen molar-refractivity contribution in [3.63, 3.8) is 0 Å². The first-order chi connectivity index (χ1) is 13.7. The number of fused-ring (bicyclic) bond motifs is 1. The second-order valence-corrected chi connectivity index (χ2v) is 6.39. The largest absolute Gasteiger partial charge is 0.478 e. The van der Waals surface area contributed by atoms with E-state index < -0.39 is 5.97 Å². The number of pyridine rings is 1. The number of carboxylic acid groups (broad SMARTS) is 1. The summed E-state index contributed by atoms with van der Waals surface area (Å²) in [5, 5.41) is 14.0. The van der Waals surface area contributed by atoms with Gasteiger partial charge in [-0.25, -0.2) is 9.78 Å². The zero-order valence-corrected chi connectivity index (χ0v) is 15.1. The number of aromatic amines is 1. The van der Waals surface area contributed by atoms with Crippen LogP contribution in [0.15, 0.2) is 79.1 Å². The van der Waals surface area contributed by atoms with E-state index in [2.05, 4.69) is 27.4 Å². The number of anilines is 1. The molecule has 28 heavy (non-hydrogen) atoms. The molecule has 0 radical (unpaired) electrons. The summed E-state index contributed by atoms with van der Waals surface area (Å²) in [6.07, 6.45) is 5.21. The van der Waals surface area contributed by atoms with E-state index in [0.29, 0.717) is 17.8 Å². The monoisotopic (exact) mass is 369 g/mol. The number of carboxylic acids is 1. The maximum absolute atomic E-state index is 11.8. The number of nitrogens with zero attached hydrogens (tertiary/aromatic N) is 1. The van der Waals surface area contributed by atoms with Crippen LogP contribution in [-0.4, -0.2) is 21.0 Å². The van der Waals surface area contributed by atoms with Crippen molar-refractivity contribution in [3.05, 3.63) is 95.8 Å². The van der Waals surface area contributed by atoms with Crippen LogP contribution in [0, 0.1) is 0 Å².